The molecule has 11 nitrogen and oxygen atoms in total. The number of nitrogens with zero attached hydrogens (tertiary/aromatic N) is 6. The molecule has 6 aromatic rings. The maximum absolute atomic E-state index is 13.4. The number of benzene rings is 4. The van der Waals surface area contributed by atoms with Crippen molar-refractivity contribution in [2.24, 2.45) is 0 Å². The minimum Gasteiger partial charge on any atom is -0.298 e. The van der Waals surface area contributed by atoms with Crippen molar-refractivity contribution in [1.29, 1.82) is 0 Å². The molecule has 0 N–H and O–H groups in total. The van der Waals surface area contributed by atoms with Gasteiger partial charge in [0.1, 0.15) is 29.9 Å². The van der Waals surface area contributed by atoms with Gasteiger partial charge in [0.2, 0.25) is 11.8 Å². The monoisotopic (exact) mass is 844 g/mol. The van der Waals surface area contributed by atoms with E-state index in [0.29, 0.717) is 23.0 Å². The quantitative estimate of drug-likeness (QED) is 0.0533. The SMILES string of the molecule is Cc1ccc(/C=C2\C(=O)N(c3ccccn3)C(=S)N(c3ccccc3C)C2=O)cc1.Cc1ccc(C=O)cc1.Cc1ccccc1N1C(=O)CC(=O)N(c2ccccn2)C1=S. The van der Waals surface area contributed by atoms with Crippen LogP contribution in [0.1, 0.15) is 44.6 Å². The molecule has 0 saturated carbocycles. The van der Waals surface area contributed by atoms with Crippen molar-refractivity contribution < 1.29 is 24.0 Å². The van der Waals surface area contributed by atoms with E-state index in [-0.39, 0.29) is 34.0 Å². The lowest BCUT2D eigenvalue weighted by Gasteiger charge is -2.36. The van der Waals surface area contributed by atoms with Gasteiger partial charge in [-0.2, -0.15) is 0 Å². The highest BCUT2D eigenvalue weighted by Crippen LogP contribution is 2.31. The van der Waals surface area contributed by atoms with Gasteiger partial charge >= 0.3 is 0 Å². The number of thiocarbonyl (C=S) groups is 2. The van der Waals surface area contributed by atoms with Crippen molar-refractivity contribution in [3.05, 3.63) is 185 Å². The smallest absolute Gasteiger partial charge is 0.271 e. The topological polar surface area (TPSA) is 124 Å². The number of aldehydes is 1. The van der Waals surface area contributed by atoms with Gasteiger partial charge in [-0.15, -0.1) is 0 Å². The summed E-state index contributed by atoms with van der Waals surface area (Å²) in [7, 11) is 0. The summed E-state index contributed by atoms with van der Waals surface area (Å²) in [5.41, 5.74) is 6.91. The summed E-state index contributed by atoms with van der Waals surface area (Å²) in [6, 6.07) is 40.4. The maximum Gasteiger partial charge on any atom is 0.271 e. The Morgan fingerprint density at radius 1 is 0.492 bits per heavy atom. The fourth-order valence-electron chi connectivity index (χ4n) is 6.28. The number of carbonyl (C=O) groups excluding carboxylic acids is 5. The molecule has 2 saturated heterocycles. The lowest BCUT2D eigenvalue weighted by Crippen LogP contribution is -2.57. The first kappa shape index (κ1) is 43.2. The van der Waals surface area contributed by atoms with E-state index in [0.717, 1.165) is 34.1 Å². The average Bonchev–Trinajstić information content (AvgIpc) is 3.26. The Kier molecular flexibility index (Phi) is 13.9. The third-order valence-corrected chi connectivity index (χ3v) is 10.2. The van der Waals surface area contributed by atoms with Crippen LogP contribution in [-0.2, 0) is 19.2 Å². The van der Waals surface area contributed by atoms with Crippen molar-refractivity contribution in [3.8, 4) is 0 Å². The zero-order valence-corrected chi connectivity index (χ0v) is 35.4. The van der Waals surface area contributed by atoms with Crippen molar-refractivity contribution in [2.45, 2.75) is 34.1 Å². The second-order valence-corrected chi connectivity index (χ2v) is 14.7. The first-order valence-corrected chi connectivity index (χ1v) is 19.9. The van der Waals surface area contributed by atoms with Gasteiger partial charge in [0.05, 0.1) is 11.4 Å². The van der Waals surface area contributed by atoms with Crippen LogP contribution >= 0.6 is 24.4 Å². The molecule has 0 bridgehead atoms. The Morgan fingerprint density at radius 3 is 1.41 bits per heavy atom. The predicted octanol–water partition coefficient (Wildman–Crippen LogP) is 8.70. The number of aromatic nitrogens is 2. The fraction of sp³-hybridized carbons (Fsp3) is 0.104. The molecule has 4 amide bonds. The third-order valence-electron chi connectivity index (χ3n) is 9.50. The Labute approximate surface area is 364 Å². The van der Waals surface area contributed by atoms with Crippen LogP contribution < -0.4 is 19.6 Å². The molecule has 0 radical (unpaired) electrons. The van der Waals surface area contributed by atoms with E-state index in [2.05, 4.69) is 9.97 Å². The first-order valence-electron chi connectivity index (χ1n) is 19.1. The summed E-state index contributed by atoms with van der Waals surface area (Å²) in [5, 5.41) is 0.216. The van der Waals surface area contributed by atoms with Gasteiger partial charge in [-0.05, 0) is 111 Å². The molecule has 4 heterocycles. The second-order valence-electron chi connectivity index (χ2n) is 13.9. The van der Waals surface area contributed by atoms with Gasteiger partial charge in [-0.1, -0.05) is 108 Å². The number of anilines is 4. The van der Waals surface area contributed by atoms with Crippen LogP contribution in [0.5, 0.6) is 0 Å². The molecule has 304 valence electrons. The normalized spacial score (nSPS) is 14.7. The molecular formula is C48H40N6O5S2. The second kappa shape index (κ2) is 19.6. The molecule has 2 aliphatic rings. The summed E-state index contributed by atoms with van der Waals surface area (Å²) >= 11 is 11.0. The van der Waals surface area contributed by atoms with Crippen LogP contribution in [0.4, 0.5) is 23.0 Å². The summed E-state index contributed by atoms with van der Waals surface area (Å²) < 4.78 is 0. The van der Waals surface area contributed by atoms with Crippen molar-refractivity contribution in [3.63, 3.8) is 0 Å². The molecular weight excluding hydrogens is 805 g/mol. The summed E-state index contributed by atoms with van der Waals surface area (Å²) in [4.78, 5) is 75.3. The Balaban J connectivity index is 0.000000175. The van der Waals surface area contributed by atoms with Crippen LogP contribution in [-0.4, -0.2) is 50.1 Å². The highest BCUT2D eigenvalue weighted by Gasteiger charge is 2.42. The largest absolute Gasteiger partial charge is 0.298 e. The number of para-hydroxylation sites is 2. The van der Waals surface area contributed by atoms with Gasteiger partial charge in [-0.3, -0.25) is 33.8 Å². The van der Waals surface area contributed by atoms with Crippen LogP contribution in [0, 0.1) is 27.7 Å². The van der Waals surface area contributed by atoms with Crippen molar-refractivity contribution in [2.75, 3.05) is 19.6 Å². The van der Waals surface area contributed by atoms with Gasteiger partial charge in [0.15, 0.2) is 10.2 Å². The Morgan fingerprint density at radius 2 is 0.918 bits per heavy atom. The molecule has 2 aliphatic heterocycles. The lowest BCUT2D eigenvalue weighted by atomic mass is 10.0. The summed E-state index contributed by atoms with van der Waals surface area (Å²) in [5.74, 6) is -0.840. The molecule has 8 rings (SSSR count). The third kappa shape index (κ3) is 9.93. The number of pyridine rings is 2. The Hall–Kier alpha value is -7.35. The zero-order valence-electron chi connectivity index (χ0n) is 33.8. The van der Waals surface area contributed by atoms with E-state index in [1.165, 1.54) is 25.2 Å². The number of carbonyl (C=O) groups is 5. The number of rotatable bonds is 6. The number of amides is 4. The van der Waals surface area contributed by atoms with Gasteiger partial charge < -0.3 is 0 Å². The molecule has 2 fully saturated rings. The zero-order chi connectivity index (χ0) is 43.6. The van der Waals surface area contributed by atoms with Crippen LogP contribution in [0.3, 0.4) is 0 Å². The molecule has 2 aromatic heterocycles. The van der Waals surface area contributed by atoms with Crippen LogP contribution in [0.2, 0.25) is 0 Å². The number of hydrogen-bond acceptors (Lipinski definition) is 9. The molecule has 4 aromatic carbocycles. The first-order chi connectivity index (χ1) is 29.4. The average molecular weight is 845 g/mol. The summed E-state index contributed by atoms with van der Waals surface area (Å²) in [6.07, 6.45) is 5.39. The summed E-state index contributed by atoms with van der Waals surface area (Å²) in [6.45, 7) is 7.77. The molecule has 13 heteroatoms. The molecule has 0 aliphatic carbocycles. The van der Waals surface area contributed by atoms with Crippen molar-refractivity contribution >= 4 is 93.7 Å². The van der Waals surface area contributed by atoms with E-state index in [1.54, 1.807) is 54.9 Å². The predicted molar refractivity (Wildman–Crippen MR) is 246 cm³/mol. The van der Waals surface area contributed by atoms with E-state index in [4.69, 9.17) is 24.4 Å². The molecule has 0 atom stereocenters. The standard InChI is InChI=1S/C24H19N3O2S.C16H13N3O2S.C8H8O/c1-16-10-12-18(13-11-16)15-19-22(28)26(20-8-4-3-7-17(20)2)24(30)27(23(19)29)21-9-5-6-14-25-21;1-11-6-2-3-7-12(11)18-14(20)10-15(21)19(16(18)22)13-8-4-5-9-17-13;1-7-2-4-8(6-9)5-3-7/h3-15H,1-2H3;2-9H,10H2,1H3;2-6H,1H3/b19-15-;;. The number of hydrogen-bond donors (Lipinski definition) is 0. The van der Waals surface area contributed by atoms with E-state index in [9.17, 15) is 24.0 Å². The fourth-order valence-corrected chi connectivity index (χ4v) is 7.04. The van der Waals surface area contributed by atoms with Gasteiger partial charge in [-0.25, -0.2) is 19.8 Å². The lowest BCUT2D eigenvalue weighted by molar-refractivity contribution is -0.126. The Bertz CT molecular complexity index is 2650. The van der Waals surface area contributed by atoms with Crippen LogP contribution in [0.15, 0.2) is 151 Å². The van der Waals surface area contributed by atoms with Gasteiger partial charge in [0.25, 0.3) is 11.8 Å². The molecule has 61 heavy (non-hydrogen) atoms. The van der Waals surface area contributed by atoms with E-state index >= 15 is 0 Å². The van der Waals surface area contributed by atoms with Gasteiger partial charge in [0, 0.05) is 18.0 Å². The van der Waals surface area contributed by atoms with Crippen molar-refractivity contribution in [1.82, 2.24) is 9.97 Å². The maximum atomic E-state index is 13.4. The van der Waals surface area contributed by atoms with E-state index < -0.39 is 11.8 Å². The highest BCUT2D eigenvalue weighted by molar-refractivity contribution is 7.81. The molecule has 0 unspecified atom stereocenters. The minimum atomic E-state index is -0.492. The minimum absolute atomic E-state index is 0.0290. The van der Waals surface area contributed by atoms with Crippen LogP contribution in [0.25, 0.3) is 6.08 Å². The highest BCUT2D eigenvalue weighted by atomic mass is 32.1. The number of aryl methyl sites for hydroxylation is 4. The molecule has 0 spiro atoms. The van der Waals surface area contributed by atoms with E-state index in [1.807, 2.05) is 125 Å².